The first-order valence-electron chi connectivity index (χ1n) is 53.0. The number of anilines is 18. The van der Waals surface area contributed by atoms with Gasteiger partial charge in [-0.15, -0.1) is 0 Å². The van der Waals surface area contributed by atoms with Crippen LogP contribution in [0.4, 0.5) is 102 Å². The number of nitrogens with zero attached hydrogens (tertiary/aromatic N) is 12. The molecule has 0 spiro atoms. The molecule has 6 aromatic heterocycles. The molecule has 6 aliphatic rings. The van der Waals surface area contributed by atoms with E-state index in [-0.39, 0.29) is 31.3 Å². The number of benzene rings is 15. The third-order valence-corrected chi connectivity index (χ3v) is 33.3. The number of hydrogen-bond donors (Lipinski definition) is 0. The molecule has 21 aromatic rings. The standard InChI is InChI=1S/C46H43BN4Si2.C42H31BN4.C41H29BN4/c1-52(2,3)32-24-26-42-36(30-32)47-37-31-33(53(4,5)6)25-27-43(37)51(41-21-10-8-17-35(41)39-19-12-14-29-49-39)45-23-15-22-44(46(45)47)50(42)40-20-9-7-16-34(40)38-18-11-13-28-48-38;1-28-22-24-44-34(26-28)30-12-3-7-16-36(30)46-38-18-9-5-14-32(38)43-33-15-6-10-19-39(33)47(41-21-11-20-40(46)42(41)43)37-17-8-4-13-31(37)35-27-29(2)23-25-45-35;1-28-26-39-41-40(27-28)46(36-21-7-3-15-30(36)34-19-11-13-25-44-34)38-23-9-5-17-32(38)42(41)31-16-4-8-22-37(31)45(39)35-20-6-2-14-29(35)33-18-10-12-24-43-33/h7-31H,1-6H3;3-27H,1-2H3;2-27H,1H3/i;1D3,2D3;. The van der Waals surface area contributed by atoms with Crippen molar-refractivity contribution in [3.8, 4) is 67.5 Å². The molecule has 0 amide bonds. The van der Waals surface area contributed by atoms with E-state index in [1.54, 1.807) is 36.7 Å². The summed E-state index contributed by atoms with van der Waals surface area (Å²) >= 11 is 0. The van der Waals surface area contributed by atoms with E-state index in [4.69, 9.17) is 28.2 Å². The Morgan fingerprint density at radius 1 is 0.185 bits per heavy atom. The zero-order chi connectivity index (χ0) is 104. The van der Waals surface area contributed by atoms with Crippen LogP contribution in [-0.2, 0) is 0 Å². The van der Waals surface area contributed by atoms with Gasteiger partial charge in [0.1, 0.15) is 0 Å². The smallest absolute Gasteiger partial charge is 0.252 e. The van der Waals surface area contributed by atoms with Crippen molar-refractivity contribution < 1.29 is 8.22 Å². The number of fused-ring (bicyclic) bond motifs is 12. The van der Waals surface area contributed by atoms with Crippen molar-refractivity contribution in [2.45, 2.75) is 59.9 Å². The Kier molecular flexibility index (Phi) is 21.0. The Bertz CT molecular complexity index is 8450. The van der Waals surface area contributed by atoms with Crippen LogP contribution < -0.4 is 88.9 Å². The highest BCUT2D eigenvalue weighted by atomic mass is 28.3. The zero-order valence-corrected chi connectivity index (χ0v) is 84.0. The van der Waals surface area contributed by atoms with Crippen LogP contribution in [0.5, 0.6) is 0 Å². The quantitative estimate of drug-likeness (QED) is 0.0970. The fraction of sp³-hybridized carbons (Fsp3) is 0.0698. The highest BCUT2D eigenvalue weighted by molar-refractivity contribution is 7.03. The van der Waals surface area contributed by atoms with Crippen molar-refractivity contribution in [2.75, 3.05) is 29.4 Å². The summed E-state index contributed by atoms with van der Waals surface area (Å²) in [4.78, 5) is 43.0. The molecule has 146 heavy (non-hydrogen) atoms. The Balaban J connectivity index is 0.000000118. The van der Waals surface area contributed by atoms with Gasteiger partial charge < -0.3 is 29.4 Å². The molecule has 17 heteroatoms. The molecule has 12 nitrogen and oxygen atoms in total. The van der Waals surface area contributed by atoms with Crippen molar-refractivity contribution in [1.29, 1.82) is 0 Å². The van der Waals surface area contributed by atoms with Gasteiger partial charge in [0.05, 0.1) is 84.4 Å². The summed E-state index contributed by atoms with van der Waals surface area (Å²) in [5.41, 5.74) is 43.9. The maximum Gasteiger partial charge on any atom is 0.252 e. The zero-order valence-electron chi connectivity index (χ0n) is 88.0. The summed E-state index contributed by atoms with van der Waals surface area (Å²) in [5.74, 6) is 0. The van der Waals surface area contributed by atoms with Gasteiger partial charge in [-0.3, -0.25) is 29.9 Å². The highest BCUT2D eigenvalue weighted by Crippen LogP contribution is 2.54. The van der Waals surface area contributed by atoms with Crippen LogP contribution in [0, 0.1) is 20.6 Å². The second-order valence-electron chi connectivity index (χ2n) is 40.1. The second kappa shape index (κ2) is 36.9. The lowest BCUT2D eigenvalue weighted by molar-refractivity contribution is 1.23. The van der Waals surface area contributed by atoms with Gasteiger partial charge in [0.2, 0.25) is 0 Å². The third kappa shape index (κ3) is 15.5. The predicted molar refractivity (Wildman–Crippen MR) is 621 cm³/mol. The van der Waals surface area contributed by atoms with E-state index in [9.17, 15) is 0 Å². The summed E-state index contributed by atoms with van der Waals surface area (Å²) in [6, 6.07) is 149. The number of aryl methyl sites for hydroxylation is 3. The average Bonchev–Trinajstić information content (AvgIpc) is 0.717. The van der Waals surface area contributed by atoms with Gasteiger partial charge in [-0.2, -0.15) is 0 Å². The highest BCUT2D eigenvalue weighted by Gasteiger charge is 2.49. The number of rotatable bonds is 14. The Hall–Kier alpha value is -17.4. The van der Waals surface area contributed by atoms with Gasteiger partial charge in [0.15, 0.2) is 0 Å². The molecule has 27 rings (SSSR count). The van der Waals surface area contributed by atoms with E-state index >= 15 is 0 Å². The Morgan fingerprint density at radius 3 is 0.685 bits per heavy atom. The minimum atomic E-state index is -2.27. The van der Waals surface area contributed by atoms with E-state index in [0.717, 1.165) is 129 Å². The fourth-order valence-electron chi connectivity index (χ4n) is 22.9. The lowest BCUT2D eigenvalue weighted by Crippen LogP contribution is -2.63. The van der Waals surface area contributed by atoms with Crippen LogP contribution in [0.2, 0.25) is 39.3 Å². The molecule has 696 valence electrons. The number of hydrogen-bond acceptors (Lipinski definition) is 12. The van der Waals surface area contributed by atoms with Crippen LogP contribution in [0.15, 0.2) is 462 Å². The summed E-state index contributed by atoms with van der Waals surface area (Å²) in [6.45, 7) is 12.5. The summed E-state index contributed by atoms with van der Waals surface area (Å²) < 4.78 is 48.4. The molecular formula is C129H103B3N12Si2. The van der Waals surface area contributed by atoms with Gasteiger partial charge >= 0.3 is 0 Å². The minimum absolute atomic E-state index is 0.0651. The van der Waals surface area contributed by atoms with E-state index in [1.807, 2.05) is 85.5 Å². The monoisotopic (exact) mass is 1910 g/mol. The summed E-state index contributed by atoms with van der Waals surface area (Å²) in [7, 11) is -3.34. The van der Waals surface area contributed by atoms with Crippen molar-refractivity contribution in [3.63, 3.8) is 0 Å². The summed E-state index contributed by atoms with van der Waals surface area (Å²) in [6.07, 6.45) is 10.6. The molecule has 0 bridgehead atoms. The molecule has 0 unspecified atom stereocenters. The first-order chi connectivity index (χ1) is 74.0. The molecule has 0 saturated carbocycles. The molecule has 12 heterocycles. The van der Waals surface area contributed by atoms with Gasteiger partial charge in [-0.25, -0.2) is 0 Å². The van der Waals surface area contributed by atoms with E-state index in [2.05, 4.69) is 425 Å². The maximum absolute atomic E-state index is 8.07. The molecule has 0 N–H and O–H groups in total. The largest absolute Gasteiger partial charge is 0.311 e. The topological polar surface area (TPSA) is 96.8 Å². The van der Waals surface area contributed by atoms with Gasteiger partial charge in [-0.1, -0.05) is 292 Å². The lowest BCUT2D eigenvalue weighted by atomic mass is 9.33. The van der Waals surface area contributed by atoms with Gasteiger partial charge in [0.25, 0.3) is 20.1 Å². The minimum Gasteiger partial charge on any atom is -0.311 e. The van der Waals surface area contributed by atoms with Gasteiger partial charge in [0, 0.05) is 147 Å². The lowest BCUT2D eigenvalue weighted by Gasteiger charge is -2.45. The van der Waals surface area contributed by atoms with Crippen molar-refractivity contribution >= 4 is 198 Å². The third-order valence-electron chi connectivity index (χ3n) is 29.3. The number of para-hydroxylation sites is 10. The van der Waals surface area contributed by atoms with Gasteiger partial charge in [-0.05, 0) is 268 Å². The molecule has 0 fully saturated rings. The van der Waals surface area contributed by atoms with Crippen LogP contribution >= 0.6 is 0 Å². The molecule has 0 atom stereocenters. The fourth-order valence-corrected chi connectivity index (χ4v) is 25.2. The SMILES string of the molecule is C[Si](C)(C)c1ccc2c(c1)B1c3cc([Si](C)(C)C)ccc3N(c3ccccc3-c3ccccn3)c3cccc(c31)N2c1ccccc1-c1ccccn1.Cc1cc2c3c(c1)N(c1ccccc1-c1ccccn1)c1ccccc1B3c1ccccc1N2c1ccccc1-c1ccccn1.[2H]C([2H])([2H])c1ccnc(-c2ccccc2N2c3ccccc3B3c4ccccc4N(c4ccccc4-c4cc(C([2H])([2H])[2H])ccn4)c4cccc2c43)c1. The summed E-state index contributed by atoms with van der Waals surface area (Å²) in [5, 5.41) is 2.95. The van der Waals surface area contributed by atoms with E-state index in [0.29, 0.717) is 11.4 Å². The van der Waals surface area contributed by atoms with Crippen LogP contribution in [0.25, 0.3) is 67.5 Å². The molecule has 0 radical (unpaired) electrons. The Morgan fingerprint density at radius 2 is 0.411 bits per heavy atom. The maximum atomic E-state index is 8.07. The molecular weight excluding hydrogens is 1810 g/mol. The first kappa shape index (κ1) is 83.3. The average molecular weight is 1920 g/mol. The van der Waals surface area contributed by atoms with E-state index < -0.39 is 29.9 Å². The molecule has 6 aliphatic heterocycles. The van der Waals surface area contributed by atoms with E-state index in [1.165, 1.54) is 94.2 Å². The molecule has 0 saturated heterocycles. The number of aromatic nitrogens is 6. The normalized spacial score (nSPS) is 13.8. The first-order valence-corrected chi connectivity index (χ1v) is 57.0. The van der Waals surface area contributed by atoms with Crippen LogP contribution in [-0.4, -0.2) is 66.2 Å². The van der Waals surface area contributed by atoms with Crippen LogP contribution in [0.1, 0.15) is 24.9 Å². The van der Waals surface area contributed by atoms with Crippen molar-refractivity contribution in [3.05, 3.63) is 479 Å². The second-order valence-corrected chi connectivity index (χ2v) is 50.2. The molecule has 0 aliphatic carbocycles. The van der Waals surface area contributed by atoms with Crippen molar-refractivity contribution in [1.82, 2.24) is 29.9 Å². The van der Waals surface area contributed by atoms with Crippen LogP contribution in [0.3, 0.4) is 0 Å². The van der Waals surface area contributed by atoms with Crippen molar-refractivity contribution in [2.24, 2.45) is 0 Å². The molecule has 15 aromatic carbocycles. The Labute approximate surface area is 865 Å². The number of pyridine rings is 6. The predicted octanol–water partition coefficient (Wildman–Crippen LogP) is 25.7.